The molecule has 0 aliphatic heterocycles. The Morgan fingerprint density at radius 3 is 2.11 bits per heavy atom. The SMILES string of the molecule is O=C(C(Cl)=NNc1ccccc1)c1ccccc1. The van der Waals surface area contributed by atoms with Crippen molar-refractivity contribution in [3.05, 3.63) is 66.2 Å². The lowest BCUT2D eigenvalue weighted by molar-refractivity contribution is 0.106. The van der Waals surface area contributed by atoms with Gasteiger partial charge in [0.2, 0.25) is 5.78 Å². The number of para-hydroxylation sites is 1. The molecule has 0 bridgehead atoms. The van der Waals surface area contributed by atoms with Gasteiger partial charge in [-0.15, -0.1) is 0 Å². The van der Waals surface area contributed by atoms with Crippen molar-refractivity contribution in [1.82, 2.24) is 0 Å². The monoisotopic (exact) mass is 258 g/mol. The number of carbonyl (C=O) groups excluding carboxylic acids is 1. The minimum Gasteiger partial charge on any atom is -0.286 e. The van der Waals surface area contributed by atoms with Crippen LogP contribution in [0.1, 0.15) is 10.4 Å². The molecule has 2 aromatic rings. The molecule has 0 aliphatic carbocycles. The van der Waals surface area contributed by atoms with Crippen molar-refractivity contribution >= 4 is 28.2 Å². The van der Waals surface area contributed by atoms with Gasteiger partial charge < -0.3 is 0 Å². The molecular formula is C14H11ClN2O. The summed E-state index contributed by atoms with van der Waals surface area (Å²) in [6.07, 6.45) is 0. The highest BCUT2D eigenvalue weighted by Crippen LogP contribution is 2.07. The molecule has 90 valence electrons. The molecule has 1 N–H and O–H groups in total. The fourth-order valence-corrected chi connectivity index (χ4v) is 1.54. The molecule has 0 unspecified atom stereocenters. The van der Waals surface area contributed by atoms with Gasteiger partial charge in [-0.05, 0) is 12.1 Å². The molecule has 0 spiro atoms. The number of halogens is 1. The molecule has 2 rings (SSSR count). The first-order valence-corrected chi connectivity index (χ1v) is 5.79. The number of nitrogens with one attached hydrogen (secondary N) is 1. The average Bonchev–Trinajstić information content (AvgIpc) is 2.46. The van der Waals surface area contributed by atoms with Gasteiger partial charge in [0, 0.05) is 5.56 Å². The van der Waals surface area contributed by atoms with E-state index in [1.807, 2.05) is 36.4 Å². The van der Waals surface area contributed by atoms with E-state index in [-0.39, 0.29) is 11.0 Å². The van der Waals surface area contributed by atoms with Crippen molar-refractivity contribution in [3.63, 3.8) is 0 Å². The van der Waals surface area contributed by atoms with Crippen LogP contribution in [0.3, 0.4) is 0 Å². The van der Waals surface area contributed by atoms with Gasteiger partial charge in [0.1, 0.15) is 0 Å². The Labute approximate surface area is 110 Å². The maximum Gasteiger partial charge on any atom is 0.224 e. The third-order valence-corrected chi connectivity index (χ3v) is 2.54. The van der Waals surface area contributed by atoms with Crippen LogP contribution >= 0.6 is 11.6 Å². The van der Waals surface area contributed by atoms with Crippen LogP contribution in [0.4, 0.5) is 5.69 Å². The summed E-state index contributed by atoms with van der Waals surface area (Å²) in [5, 5.41) is 3.76. The van der Waals surface area contributed by atoms with Crippen molar-refractivity contribution in [2.45, 2.75) is 0 Å². The third-order valence-electron chi connectivity index (χ3n) is 2.28. The van der Waals surface area contributed by atoms with E-state index in [0.717, 1.165) is 5.69 Å². The number of rotatable bonds is 4. The molecule has 3 nitrogen and oxygen atoms in total. The van der Waals surface area contributed by atoms with Gasteiger partial charge in [-0.1, -0.05) is 60.1 Å². The van der Waals surface area contributed by atoms with Crippen LogP contribution in [0, 0.1) is 0 Å². The summed E-state index contributed by atoms with van der Waals surface area (Å²) in [5.74, 6) is -0.305. The highest BCUT2D eigenvalue weighted by atomic mass is 35.5. The predicted octanol–water partition coefficient (Wildman–Crippen LogP) is 3.53. The van der Waals surface area contributed by atoms with Crippen LogP contribution in [0.5, 0.6) is 0 Å². The summed E-state index contributed by atoms with van der Waals surface area (Å²) in [6.45, 7) is 0. The summed E-state index contributed by atoms with van der Waals surface area (Å²) >= 11 is 5.85. The smallest absolute Gasteiger partial charge is 0.224 e. The van der Waals surface area contributed by atoms with E-state index >= 15 is 0 Å². The lowest BCUT2D eigenvalue weighted by Crippen LogP contribution is -2.09. The van der Waals surface area contributed by atoms with E-state index in [4.69, 9.17) is 11.6 Å². The summed E-state index contributed by atoms with van der Waals surface area (Å²) in [5.41, 5.74) is 4.02. The minimum atomic E-state index is -0.305. The van der Waals surface area contributed by atoms with Crippen LogP contribution in [-0.4, -0.2) is 11.0 Å². The molecule has 0 aromatic heterocycles. The van der Waals surface area contributed by atoms with Gasteiger partial charge >= 0.3 is 0 Å². The molecule has 0 aliphatic rings. The molecule has 0 saturated heterocycles. The van der Waals surface area contributed by atoms with E-state index in [2.05, 4.69) is 10.5 Å². The van der Waals surface area contributed by atoms with E-state index in [1.54, 1.807) is 24.3 Å². The van der Waals surface area contributed by atoms with Crippen LogP contribution in [-0.2, 0) is 0 Å². The number of ketones is 1. The second-order valence-electron chi connectivity index (χ2n) is 3.58. The zero-order valence-electron chi connectivity index (χ0n) is 9.51. The number of nitrogens with zero attached hydrogens (tertiary/aromatic N) is 1. The van der Waals surface area contributed by atoms with E-state index in [9.17, 15) is 4.79 Å². The second-order valence-corrected chi connectivity index (χ2v) is 3.93. The van der Waals surface area contributed by atoms with Gasteiger partial charge in [0.15, 0.2) is 5.17 Å². The average molecular weight is 259 g/mol. The van der Waals surface area contributed by atoms with Crippen molar-refractivity contribution in [2.75, 3.05) is 5.43 Å². The number of anilines is 1. The normalized spacial score (nSPS) is 11.1. The van der Waals surface area contributed by atoms with Crippen molar-refractivity contribution in [3.8, 4) is 0 Å². The second kappa shape index (κ2) is 5.98. The Hall–Kier alpha value is -2.13. The number of hydrogen-bond donors (Lipinski definition) is 1. The largest absolute Gasteiger partial charge is 0.286 e. The number of benzene rings is 2. The number of hydrogen-bond acceptors (Lipinski definition) is 3. The first kappa shape index (κ1) is 12.3. The summed E-state index contributed by atoms with van der Waals surface area (Å²) in [7, 11) is 0. The van der Waals surface area contributed by atoms with Crippen LogP contribution in [0.15, 0.2) is 65.8 Å². The molecule has 4 heteroatoms. The summed E-state index contributed by atoms with van der Waals surface area (Å²) < 4.78 is 0. The Balaban J connectivity index is 2.08. The van der Waals surface area contributed by atoms with E-state index in [1.165, 1.54) is 0 Å². The highest BCUT2D eigenvalue weighted by Gasteiger charge is 2.10. The summed E-state index contributed by atoms with van der Waals surface area (Å²) in [4.78, 5) is 11.9. The van der Waals surface area contributed by atoms with Gasteiger partial charge in [0.25, 0.3) is 0 Å². The van der Waals surface area contributed by atoms with Gasteiger partial charge in [-0.25, -0.2) is 0 Å². The standard InChI is InChI=1S/C14H11ClN2O/c15-14(13(18)11-7-3-1-4-8-11)17-16-12-9-5-2-6-10-12/h1-10,16H. The maximum atomic E-state index is 11.9. The minimum absolute atomic E-state index is 0.0925. The number of hydrazone groups is 1. The molecule has 2 aromatic carbocycles. The number of Topliss-reactive ketones (excluding diaryl/α,β-unsaturated/α-hetero) is 1. The van der Waals surface area contributed by atoms with Crippen molar-refractivity contribution in [2.24, 2.45) is 5.10 Å². The first-order chi connectivity index (χ1) is 8.77. The molecule has 18 heavy (non-hydrogen) atoms. The predicted molar refractivity (Wildman–Crippen MR) is 74.1 cm³/mol. The lowest BCUT2D eigenvalue weighted by atomic mass is 10.1. The topological polar surface area (TPSA) is 41.5 Å². The van der Waals surface area contributed by atoms with Gasteiger partial charge in [-0.2, -0.15) is 5.10 Å². The van der Waals surface area contributed by atoms with Gasteiger partial charge in [-0.3, -0.25) is 10.2 Å². The van der Waals surface area contributed by atoms with E-state index < -0.39 is 0 Å². The zero-order chi connectivity index (χ0) is 12.8. The van der Waals surface area contributed by atoms with Crippen LogP contribution in [0.2, 0.25) is 0 Å². The Morgan fingerprint density at radius 2 is 1.50 bits per heavy atom. The highest BCUT2D eigenvalue weighted by molar-refractivity contribution is 6.84. The maximum absolute atomic E-state index is 11.9. The zero-order valence-corrected chi connectivity index (χ0v) is 10.3. The Morgan fingerprint density at radius 1 is 0.944 bits per heavy atom. The Bertz CT molecular complexity index is 553. The Kier molecular flexibility index (Phi) is 4.10. The van der Waals surface area contributed by atoms with E-state index in [0.29, 0.717) is 5.56 Å². The fourth-order valence-electron chi connectivity index (χ4n) is 1.39. The fraction of sp³-hybridized carbons (Fsp3) is 0. The lowest BCUT2D eigenvalue weighted by Gasteiger charge is -2.01. The molecule has 0 amide bonds. The van der Waals surface area contributed by atoms with Crippen LogP contribution in [0.25, 0.3) is 0 Å². The van der Waals surface area contributed by atoms with Gasteiger partial charge in [0.05, 0.1) is 5.69 Å². The molecule has 0 heterocycles. The molecular weight excluding hydrogens is 248 g/mol. The quantitative estimate of drug-likeness (QED) is 0.518. The van der Waals surface area contributed by atoms with Crippen molar-refractivity contribution in [1.29, 1.82) is 0 Å². The molecule has 0 atom stereocenters. The molecule has 0 fully saturated rings. The van der Waals surface area contributed by atoms with Crippen molar-refractivity contribution < 1.29 is 4.79 Å². The third kappa shape index (κ3) is 3.18. The molecule has 0 saturated carbocycles. The molecule has 0 radical (unpaired) electrons. The van der Waals surface area contributed by atoms with Crippen LogP contribution < -0.4 is 5.43 Å². The first-order valence-electron chi connectivity index (χ1n) is 5.41. The number of carbonyl (C=O) groups is 1. The summed E-state index contributed by atoms with van der Waals surface area (Å²) in [6, 6.07) is 18.1.